The maximum absolute atomic E-state index is 13.2. The number of hydrogen-bond acceptors (Lipinski definition) is 2. The number of allylic oxidation sites excluding steroid dienone is 2. The summed E-state index contributed by atoms with van der Waals surface area (Å²) in [4.78, 5) is 25.2. The van der Waals surface area contributed by atoms with E-state index in [4.69, 9.17) is 0 Å². The summed E-state index contributed by atoms with van der Waals surface area (Å²) in [6.45, 7) is 4.62. The molecular formula is C27H31NO3. The van der Waals surface area contributed by atoms with Crippen LogP contribution in [0, 0.1) is 23.7 Å². The van der Waals surface area contributed by atoms with Gasteiger partial charge in [0.2, 0.25) is 5.91 Å². The number of carboxylic acids is 1. The van der Waals surface area contributed by atoms with Crippen molar-refractivity contribution in [1.29, 1.82) is 0 Å². The van der Waals surface area contributed by atoms with Gasteiger partial charge in [0.1, 0.15) is 0 Å². The van der Waals surface area contributed by atoms with Crippen molar-refractivity contribution in [2.45, 2.75) is 39.0 Å². The third kappa shape index (κ3) is 4.16. The topological polar surface area (TPSA) is 66.4 Å². The molecule has 2 fully saturated rings. The zero-order valence-electron chi connectivity index (χ0n) is 18.3. The van der Waals surface area contributed by atoms with Crippen LogP contribution in [0.5, 0.6) is 0 Å². The lowest BCUT2D eigenvalue weighted by molar-refractivity contribution is -0.149. The lowest BCUT2D eigenvalue weighted by Gasteiger charge is -2.27. The minimum atomic E-state index is -0.836. The van der Waals surface area contributed by atoms with E-state index in [-0.39, 0.29) is 23.7 Å². The number of hydrogen-bond donors (Lipinski definition) is 2. The van der Waals surface area contributed by atoms with Crippen LogP contribution in [0.4, 0.5) is 0 Å². The van der Waals surface area contributed by atoms with Gasteiger partial charge in [0, 0.05) is 12.5 Å². The zero-order valence-corrected chi connectivity index (χ0v) is 18.3. The fourth-order valence-electron chi connectivity index (χ4n) is 5.96. The number of fused-ring (bicyclic) bond motifs is 2. The molecule has 2 bridgehead atoms. The van der Waals surface area contributed by atoms with E-state index in [0.717, 1.165) is 19.3 Å². The molecule has 31 heavy (non-hydrogen) atoms. The van der Waals surface area contributed by atoms with Gasteiger partial charge < -0.3 is 10.4 Å². The van der Waals surface area contributed by atoms with Crippen molar-refractivity contribution < 1.29 is 14.7 Å². The van der Waals surface area contributed by atoms with Gasteiger partial charge in [0.15, 0.2) is 0 Å². The van der Waals surface area contributed by atoms with Gasteiger partial charge in [-0.1, -0.05) is 71.8 Å². The van der Waals surface area contributed by atoms with E-state index >= 15 is 0 Å². The smallest absolute Gasteiger partial charge is 0.307 e. The molecule has 4 nitrogen and oxygen atoms in total. The van der Waals surface area contributed by atoms with E-state index < -0.39 is 17.8 Å². The molecule has 2 saturated carbocycles. The Kier molecular flexibility index (Phi) is 6.26. The minimum absolute atomic E-state index is 0.0182. The first-order chi connectivity index (χ1) is 15.0. The number of carboxylic acid groups (broad SMARTS) is 1. The minimum Gasteiger partial charge on any atom is -0.481 e. The molecule has 2 aromatic carbocycles. The summed E-state index contributed by atoms with van der Waals surface area (Å²) in [5.41, 5.74) is 4.84. The maximum atomic E-state index is 13.2. The van der Waals surface area contributed by atoms with Crippen LogP contribution in [0.15, 0.2) is 71.8 Å². The van der Waals surface area contributed by atoms with Gasteiger partial charge in [0.05, 0.1) is 11.8 Å². The molecule has 1 amide bonds. The second-order valence-electron chi connectivity index (χ2n) is 9.09. The van der Waals surface area contributed by atoms with Gasteiger partial charge in [-0.2, -0.15) is 0 Å². The van der Waals surface area contributed by atoms with Crippen molar-refractivity contribution >= 4 is 11.9 Å². The fourth-order valence-corrected chi connectivity index (χ4v) is 5.96. The van der Waals surface area contributed by atoms with Crippen molar-refractivity contribution in [3.05, 3.63) is 82.9 Å². The summed E-state index contributed by atoms with van der Waals surface area (Å²) in [5.74, 6) is -1.70. The molecule has 0 aromatic heterocycles. The number of carbonyl (C=O) groups is 2. The van der Waals surface area contributed by atoms with Gasteiger partial charge in [-0.25, -0.2) is 0 Å². The summed E-state index contributed by atoms with van der Waals surface area (Å²) >= 11 is 0. The SMILES string of the molecule is CC(C)=C1[C@H]2CC[C@@H]1[C@@H](C(=O)NCCC(c1ccccc1)c1ccccc1)[C@H]2C(=O)O. The average molecular weight is 418 g/mol. The van der Waals surface area contributed by atoms with E-state index in [1.54, 1.807) is 0 Å². The largest absolute Gasteiger partial charge is 0.481 e. The van der Waals surface area contributed by atoms with E-state index in [0.29, 0.717) is 6.54 Å². The molecule has 0 unspecified atom stereocenters. The Bertz CT molecular complexity index is 923. The highest BCUT2D eigenvalue weighted by Crippen LogP contribution is 2.57. The molecule has 2 aromatic rings. The van der Waals surface area contributed by atoms with Crippen LogP contribution < -0.4 is 5.32 Å². The summed E-state index contributed by atoms with van der Waals surface area (Å²) in [6, 6.07) is 20.7. The number of aliphatic carboxylic acids is 1. The molecule has 0 radical (unpaired) electrons. The normalized spacial score (nSPS) is 24.4. The molecule has 0 spiro atoms. The number of rotatable bonds is 7. The first kappa shape index (κ1) is 21.4. The standard InChI is InChI=1S/C27H31NO3/c1-17(2)23-21-13-14-22(23)25(27(30)31)24(21)26(29)28-16-15-20(18-9-5-3-6-10-18)19-11-7-4-8-12-19/h3-12,20-22,24-25H,13-16H2,1-2H3,(H,28,29)(H,30,31)/t21-,22+,24+,25-/m0/s1. The Morgan fingerprint density at radius 3 is 1.90 bits per heavy atom. The molecular weight excluding hydrogens is 386 g/mol. The van der Waals surface area contributed by atoms with E-state index in [1.807, 2.05) is 50.2 Å². The van der Waals surface area contributed by atoms with Crippen LogP contribution in [0.2, 0.25) is 0 Å². The van der Waals surface area contributed by atoms with Gasteiger partial charge in [-0.05, 0) is 56.1 Å². The average Bonchev–Trinajstić information content (AvgIpc) is 3.34. The molecule has 4 heteroatoms. The lowest BCUT2D eigenvalue weighted by atomic mass is 9.78. The van der Waals surface area contributed by atoms with Crippen molar-refractivity contribution in [2.24, 2.45) is 23.7 Å². The highest BCUT2D eigenvalue weighted by Gasteiger charge is 2.57. The lowest BCUT2D eigenvalue weighted by Crippen LogP contribution is -2.41. The van der Waals surface area contributed by atoms with Crippen LogP contribution in [-0.4, -0.2) is 23.5 Å². The summed E-state index contributed by atoms with van der Waals surface area (Å²) in [5, 5.41) is 13.0. The van der Waals surface area contributed by atoms with Crippen molar-refractivity contribution in [2.75, 3.05) is 6.54 Å². The molecule has 4 rings (SSSR count). The third-order valence-electron chi connectivity index (χ3n) is 7.14. The Labute approximate surface area is 184 Å². The van der Waals surface area contributed by atoms with Crippen molar-refractivity contribution in [1.82, 2.24) is 5.32 Å². The molecule has 0 saturated heterocycles. The Morgan fingerprint density at radius 2 is 1.42 bits per heavy atom. The van der Waals surface area contributed by atoms with Crippen LogP contribution in [-0.2, 0) is 9.59 Å². The van der Waals surface area contributed by atoms with Gasteiger partial charge in [-0.15, -0.1) is 0 Å². The molecule has 2 N–H and O–H groups in total. The highest BCUT2D eigenvalue weighted by molar-refractivity contribution is 5.87. The quantitative estimate of drug-likeness (QED) is 0.622. The maximum Gasteiger partial charge on any atom is 0.307 e. The third-order valence-corrected chi connectivity index (χ3v) is 7.14. The number of amides is 1. The molecule has 2 aliphatic carbocycles. The zero-order chi connectivity index (χ0) is 22.0. The summed E-state index contributed by atoms with van der Waals surface area (Å²) in [6.07, 6.45) is 2.58. The number of nitrogens with one attached hydrogen (secondary N) is 1. The van der Waals surface area contributed by atoms with E-state index in [1.165, 1.54) is 22.3 Å². The Balaban J connectivity index is 1.48. The summed E-state index contributed by atoms with van der Waals surface area (Å²) in [7, 11) is 0. The molecule has 2 aliphatic rings. The number of benzene rings is 2. The number of carbonyl (C=O) groups excluding carboxylic acids is 1. The van der Waals surface area contributed by atoms with Crippen LogP contribution in [0.3, 0.4) is 0 Å². The monoisotopic (exact) mass is 417 g/mol. The predicted octanol–water partition coefficient (Wildman–Crippen LogP) is 5.02. The predicted molar refractivity (Wildman–Crippen MR) is 122 cm³/mol. The molecule has 4 atom stereocenters. The van der Waals surface area contributed by atoms with Crippen molar-refractivity contribution in [3.8, 4) is 0 Å². The van der Waals surface area contributed by atoms with Crippen LogP contribution in [0.1, 0.15) is 50.2 Å². The second kappa shape index (κ2) is 9.09. The van der Waals surface area contributed by atoms with Crippen LogP contribution in [0.25, 0.3) is 0 Å². The van der Waals surface area contributed by atoms with Gasteiger partial charge >= 0.3 is 5.97 Å². The van der Waals surface area contributed by atoms with Gasteiger partial charge in [-0.3, -0.25) is 9.59 Å². The van der Waals surface area contributed by atoms with Crippen LogP contribution >= 0.6 is 0 Å². The first-order valence-electron chi connectivity index (χ1n) is 11.3. The Morgan fingerprint density at radius 1 is 0.903 bits per heavy atom. The molecule has 0 aliphatic heterocycles. The molecule has 162 valence electrons. The highest BCUT2D eigenvalue weighted by atomic mass is 16.4. The summed E-state index contributed by atoms with van der Waals surface area (Å²) < 4.78 is 0. The second-order valence-corrected chi connectivity index (χ2v) is 9.09. The van der Waals surface area contributed by atoms with E-state index in [9.17, 15) is 14.7 Å². The van der Waals surface area contributed by atoms with Gasteiger partial charge in [0.25, 0.3) is 0 Å². The molecule has 0 heterocycles. The fraction of sp³-hybridized carbons (Fsp3) is 0.407. The first-order valence-corrected chi connectivity index (χ1v) is 11.3. The Hall–Kier alpha value is -2.88. The van der Waals surface area contributed by atoms with Crippen molar-refractivity contribution in [3.63, 3.8) is 0 Å². The van der Waals surface area contributed by atoms with E-state index in [2.05, 4.69) is 29.6 Å².